The first-order chi connectivity index (χ1) is 26.5. The van der Waals surface area contributed by atoms with Gasteiger partial charge < -0.3 is 9.80 Å². The average molecular weight is 709 g/mol. The highest BCUT2D eigenvalue weighted by Crippen LogP contribution is 2.47. The molecule has 8 aromatic carbocycles. The Balaban J connectivity index is 1.34. The van der Waals surface area contributed by atoms with E-state index < -0.39 is 0 Å². The molecular weight excluding hydrogens is 663 g/mol. The Morgan fingerprint density at radius 2 is 0.891 bits per heavy atom. The second kappa shape index (κ2) is 12.2. The van der Waals surface area contributed by atoms with Crippen molar-refractivity contribution in [3.63, 3.8) is 0 Å². The molecule has 0 saturated carbocycles. The molecule has 0 fully saturated rings. The molecule has 2 aliphatic rings. The van der Waals surface area contributed by atoms with Crippen LogP contribution in [0.4, 0.5) is 34.1 Å². The molecule has 0 unspecified atom stereocenters. The van der Waals surface area contributed by atoms with E-state index >= 15 is 0 Å². The molecule has 3 heteroatoms. The van der Waals surface area contributed by atoms with E-state index in [1.54, 1.807) is 0 Å². The molecule has 55 heavy (non-hydrogen) atoms. The summed E-state index contributed by atoms with van der Waals surface area (Å²) in [7, 11) is 0. The predicted molar refractivity (Wildman–Crippen MR) is 238 cm³/mol. The Kier molecular flexibility index (Phi) is 7.45. The zero-order valence-corrected chi connectivity index (χ0v) is 32.6. The lowest BCUT2D eigenvalue weighted by molar-refractivity contribution is 0.590. The van der Waals surface area contributed by atoms with Gasteiger partial charge in [0.25, 0.3) is 6.71 Å². The van der Waals surface area contributed by atoms with Crippen LogP contribution in [-0.4, -0.2) is 6.71 Å². The van der Waals surface area contributed by atoms with Crippen molar-refractivity contribution in [3.05, 3.63) is 175 Å². The van der Waals surface area contributed by atoms with Gasteiger partial charge in [-0.25, -0.2) is 0 Å². The molecule has 0 N–H and O–H groups in total. The van der Waals surface area contributed by atoms with Gasteiger partial charge in [-0.05, 0) is 120 Å². The molecule has 266 valence electrons. The zero-order chi connectivity index (χ0) is 37.6. The summed E-state index contributed by atoms with van der Waals surface area (Å²) in [5.41, 5.74) is 16.4. The zero-order valence-electron chi connectivity index (χ0n) is 32.6. The lowest BCUT2D eigenvalue weighted by atomic mass is 9.33. The first-order valence-electron chi connectivity index (χ1n) is 19.6. The number of hydrogen-bond donors (Lipinski definition) is 0. The summed E-state index contributed by atoms with van der Waals surface area (Å²) in [5.74, 6) is 0. The maximum atomic E-state index is 2.55. The Bertz CT molecular complexity index is 2790. The molecule has 2 aliphatic heterocycles. The Hall–Kier alpha value is -6.06. The van der Waals surface area contributed by atoms with Crippen LogP contribution < -0.4 is 26.2 Å². The van der Waals surface area contributed by atoms with Crippen LogP contribution in [0, 0.1) is 0 Å². The summed E-state index contributed by atoms with van der Waals surface area (Å²) in [5, 5.41) is 4.99. The van der Waals surface area contributed by atoms with Gasteiger partial charge in [-0.3, -0.25) is 0 Å². The maximum Gasteiger partial charge on any atom is 0.252 e. The van der Waals surface area contributed by atoms with E-state index in [-0.39, 0.29) is 17.5 Å². The third-order valence-electron chi connectivity index (χ3n) is 11.9. The van der Waals surface area contributed by atoms with Crippen molar-refractivity contribution in [3.8, 4) is 11.1 Å². The molecule has 8 aromatic rings. The van der Waals surface area contributed by atoms with Gasteiger partial charge >= 0.3 is 0 Å². The molecule has 0 aromatic heterocycles. The van der Waals surface area contributed by atoms with Crippen molar-refractivity contribution in [1.29, 1.82) is 0 Å². The molecule has 0 bridgehead atoms. The number of nitrogens with zero attached hydrogens (tertiary/aromatic N) is 2. The van der Waals surface area contributed by atoms with Crippen LogP contribution in [0.25, 0.3) is 32.7 Å². The van der Waals surface area contributed by atoms with Crippen molar-refractivity contribution in [1.82, 2.24) is 0 Å². The van der Waals surface area contributed by atoms with E-state index in [0.717, 1.165) is 5.69 Å². The molecule has 10 rings (SSSR count). The van der Waals surface area contributed by atoms with E-state index in [9.17, 15) is 0 Å². The van der Waals surface area contributed by atoms with Crippen LogP contribution in [0.1, 0.15) is 52.7 Å². The Labute approximate surface area is 325 Å². The highest BCUT2D eigenvalue weighted by molar-refractivity contribution is 7.00. The van der Waals surface area contributed by atoms with Gasteiger partial charge in [-0.15, -0.1) is 0 Å². The molecule has 0 saturated heterocycles. The number of hydrogen-bond acceptors (Lipinski definition) is 2. The fourth-order valence-corrected chi connectivity index (χ4v) is 8.93. The van der Waals surface area contributed by atoms with E-state index in [0.29, 0.717) is 0 Å². The minimum Gasteiger partial charge on any atom is -0.311 e. The largest absolute Gasteiger partial charge is 0.311 e. The third-order valence-corrected chi connectivity index (χ3v) is 11.9. The Morgan fingerprint density at radius 1 is 0.364 bits per heavy atom. The fourth-order valence-electron chi connectivity index (χ4n) is 8.93. The number of fused-ring (bicyclic) bond motifs is 6. The predicted octanol–water partition coefficient (Wildman–Crippen LogP) is 12.3. The van der Waals surface area contributed by atoms with E-state index in [2.05, 4.69) is 215 Å². The van der Waals surface area contributed by atoms with Gasteiger partial charge in [0, 0.05) is 34.1 Å². The monoisotopic (exact) mass is 708 g/mol. The molecule has 0 aliphatic carbocycles. The number of benzene rings is 8. The molecular formula is C52H45BN2. The summed E-state index contributed by atoms with van der Waals surface area (Å²) in [6.07, 6.45) is 0. The van der Waals surface area contributed by atoms with Crippen LogP contribution in [0.3, 0.4) is 0 Å². The van der Waals surface area contributed by atoms with Crippen LogP contribution >= 0.6 is 0 Å². The van der Waals surface area contributed by atoms with E-state index in [4.69, 9.17) is 0 Å². The summed E-state index contributed by atoms with van der Waals surface area (Å²) in [6, 6.07) is 61.8. The molecule has 0 radical (unpaired) electrons. The highest BCUT2D eigenvalue weighted by atomic mass is 15.2. The summed E-state index contributed by atoms with van der Waals surface area (Å²) in [4.78, 5) is 5.09. The van der Waals surface area contributed by atoms with Gasteiger partial charge in [0.2, 0.25) is 0 Å². The van der Waals surface area contributed by atoms with E-state index in [1.165, 1.54) is 88.6 Å². The molecule has 2 heterocycles. The van der Waals surface area contributed by atoms with Gasteiger partial charge in [-0.2, -0.15) is 0 Å². The SMILES string of the molecule is CC(C)(C)c1ccc(N2c3ccc(C(C)(C)C)cc3B3c4cc5ccccc5cc4N(c4ccc5ccccc5c4)c4cc(-c5ccccc5)cc2c43)cc1. The van der Waals surface area contributed by atoms with Crippen molar-refractivity contribution >= 4 is 78.8 Å². The molecule has 0 atom stereocenters. The van der Waals surface area contributed by atoms with Crippen molar-refractivity contribution in [2.24, 2.45) is 0 Å². The van der Waals surface area contributed by atoms with Gasteiger partial charge in [-0.1, -0.05) is 157 Å². The minimum absolute atomic E-state index is 0.00744. The first kappa shape index (κ1) is 33.5. The van der Waals surface area contributed by atoms with Gasteiger partial charge in [0.05, 0.1) is 0 Å². The van der Waals surface area contributed by atoms with Crippen molar-refractivity contribution < 1.29 is 0 Å². The maximum absolute atomic E-state index is 2.55. The summed E-state index contributed by atoms with van der Waals surface area (Å²) >= 11 is 0. The lowest BCUT2D eigenvalue weighted by Gasteiger charge is -2.45. The molecule has 2 nitrogen and oxygen atoms in total. The van der Waals surface area contributed by atoms with Gasteiger partial charge in [0.1, 0.15) is 0 Å². The van der Waals surface area contributed by atoms with E-state index in [1.807, 2.05) is 0 Å². The quantitative estimate of drug-likeness (QED) is 0.169. The topological polar surface area (TPSA) is 6.48 Å². The third kappa shape index (κ3) is 5.48. The van der Waals surface area contributed by atoms with Crippen LogP contribution in [0.15, 0.2) is 164 Å². The first-order valence-corrected chi connectivity index (χ1v) is 19.6. The van der Waals surface area contributed by atoms with Crippen molar-refractivity contribution in [2.45, 2.75) is 52.4 Å². The fraction of sp³-hybridized carbons (Fsp3) is 0.154. The smallest absolute Gasteiger partial charge is 0.252 e. The highest BCUT2D eigenvalue weighted by Gasteiger charge is 2.44. The molecule has 0 spiro atoms. The van der Waals surface area contributed by atoms with Crippen LogP contribution in [0.5, 0.6) is 0 Å². The number of rotatable bonds is 3. The normalized spacial score (nSPS) is 13.5. The van der Waals surface area contributed by atoms with Crippen LogP contribution in [0.2, 0.25) is 0 Å². The average Bonchev–Trinajstić information content (AvgIpc) is 3.19. The minimum atomic E-state index is -0.00744. The summed E-state index contributed by atoms with van der Waals surface area (Å²) < 4.78 is 0. The number of anilines is 6. The van der Waals surface area contributed by atoms with Crippen LogP contribution in [-0.2, 0) is 10.8 Å². The second-order valence-electron chi connectivity index (χ2n) is 17.5. The molecule has 0 amide bonds. The van der Waals surface area contributed by atoms with Gasteiger partial charge in [0.15, 0.2) is 0 Å². The standard InChI is InChI=1S/C52H45BN2/c1-51(2,3)40-21-25-42(26-22-40)54-46-27-23-41(52(4,5)6)33-45(46)53-44-29-37-18-12-13-19-38(37)30-47(44)55(43-24-20-35-16-10-11-17-36(35)28-43)49-32-39(31-48(54)50(49)53)34-14-8-7-9-15-34/h7-33H,1-6H3. The lowest BCUT2D eigenvalue weighted by Crippen LogP contribution is -2.61. The Morgan fingerprint density at radius 3 is 1.55 bits per heavy atom. The second-order valence-corrected chi connectivity index (χ2v) is 17.5. The van der Waals surface area contributed by atoms with Crippen molar-refractivity contribution in [2.75, 3.05) is 9.80 Å². The summed E-state index contributed by atoms with van der Waals surface area (Å²) in [6.45, 7) is 13.9.